The first-order valence-corrected chi connectivity index (χ1v) is 11.8. The van der Waals surface area contributed by atoms with E-state index in [0.717, 1.165) is 44.9 Å². The zero-order valence-corrected chi connectivity index (χ0v) is 20.5. The number of rotatable bonds is 2. The van der Waals surface area contributed by atoms with E-state index in [1.807, 2.05) is 24.0 Å². The molecule has 1 aromatic heterocycles. The number of carbonyl (C=O) groups excluding carboxylic acids is 1. The molecule has 4 heterocycles. The highest BCUT2D eigenvalue weighted by Gasteiger charge is 2.44. The number of carboxylic acids is 2. The third-order valence-corrected chi connectivity index (χ3v) is 6.28. The summed E-state index contributed by atoms with van der Waals surface area (Å²) in [7, 11) is 0. The fourth-order valence-electron chi connectivity index (χ4n) is 4.51. The minimum Gasteiger partial charge on any atom is -0.475 e. The van der Waals surface area contributed by atoms with Gasteiger partial charge in [-0.2, -0.15) is 26.3 Å². The second kappa shape index (κ2) is 13.2. The molecule has 0 spiro atoms. The second-order valence-corrected chi connectivity index (χ2v) is 9.05. The molecule has 15 heteroatoms. The lowest BCUT2D eigenvalue weighted by Gasteiger charge is -2.48. The molecule has 0 radical (unpaired) electrons. The van der Waals surface area contributed by atoms with Crippen molar-refractivity contribution in [3.05, 3.63) is 29.6 Å². The quantitative estimate of drug-likeness (QED) is 0.532. The highest BCUT2D eigenvalue weighted by Crippen LogP contribution is 2.33. The van der Waals surface area contributed by atoms with Crippen LogP contribution in [0, 0.1) is 12.8 Å². The maximum Gasteiger partial charge on any atom is 0.490 e. The maximum atomic E-state index is 13.0. The number of piperidine rings is 1. The number of carbonyl (C=O) groups is 3. The third-order valence-electron chi connectivity index (χ3n) is 6.28. The molecule has 2 N–H and O–H groups in total. The first-order valence-electron chi connectivity index (χ1n) is 11.8. The van der Waals surface area contributed by atoms with Crippen molar-refractivity contribution in [1.82, 2.24) is 14.8 Å². The number of aliphatic carboxylic acids is 2. The lowest BCUT2D eigenvalue weighted by atomic mass is 9.84. The van der Waals surface area contributed by atoms with Gasteiger partial charge in [0, 0.05) is 37.5 Å². The van der Waals surface area contributed by atoms with Gasteiger partial charge in [0.2, 0.25) is 0 Å². The van der Waals surface area contributed by atoms with Gasteiger partial charge in [0.05, 0.1) is 17.7 Å². The molecule has 4 rings (SSSR count). The SMILES string of the molecule is Cc1ccc(C(=O)N2C[C@@H]3CCCO[C@@H]3[C@H](N3CCCC3)C2)cn1.O=C(O)C(F)(F)F.O=C(O)C(F)(F)F. The van der Waals surface area contributed by atoms with E-state index in [1.165, 1.54) is 19.3 Å². The minimum absolute atomic E-state index is 0.121. The maximum absolute atomic E-state index is 13.0. The number of fused-ring (bicyclic) bond motifs is 1. The molecule has 9 nitrogen and oxygen atoms in total. The van der Waals surface area contributed by atoms with E-state index in [0.29, 0.717) is 23.6 Å². The first kappa shape index (κ1) is 31.3. The predicted octanol–water partition coefficient (Wildman–Crippen LogP) is 3.37. The molecule has 0 aliphatic carbocycles. The number of amides is 1. The van der Waals surface area contributed by atoms with Crippen LogP contribution < -0.4 is 0 Å². The van der Waals surface area contributed by atoms with Crippen molar-refractivity contribution in [1.29, 1.82) is 0 Å². The van der Waals surface area contributed by atoms with Gasteiger partial charge in [-0.1, -0.05) is 0 Å². The molecule has 3 fully saturated rings. The smallest absolute Gasteiger partial charge is 0.475 e. The summed E-state index contributed by atoms with van der Waals surface area (Å²) in [6.45, 7) is 6.72. The number of ether oxygens (including phenoxy) is 1. The average Bonchev–Trinajstić information content (AvgIpc) is 3.38. The van der Waals surface area contributed by atoms with E-state index in [4.69, 9.17) is 24.5 Å². The standard InChI is InChI=1S/C19H27N3O2.2C2HF3O2/c1-14-6-7-15(11-20-14)19(23)22-12-16-5-4-10-24-18(16)17(13-22)21-8-2-3-9-21;2*3-2(4,5)1(6)7/h6-7,11,16-18H,2-5,8-10,12-13H2,1H3;2*(H,6,7)/t16-,17+,18-;;/m0../s1. The number of halogens is 6. The van der Waals surface area contributed by atoms with E-state index in [1.54, 1.807) is 6.20 Å². The van der Waals surface area contributed by atoms with E-state index < -0.39 is 24.3 Å². The molecule has 3 aliphatic heterocycles. The molecule has 3 saturated heterocycles. The van der Waals surface area contributed by atoms with Gasteiger partial charge in [0.15, 0.2) is 0 Å². The Balaban J connectivity index is 0.000000301. The van der Waals surface area contributed by atoms with Crippen molar-refractivity contribution in [3.63, 3.8) is 0 Å². The minimum atomic E-state index is -5.08. The Bertz CT molecular complexity index is 926. The molecule has 1 amide bonds. The molecule has 1 aromatic rings. The van der Waals surface area contributed by atoms with Gasteiger partial charge in [-0.15, -0.1) is 0 Å². The van der Waals surface area contributed by atoms with Crippen LogP contribution in [0.25, 0.3) is 0 Å². The Morgan fingerprint density at radius 2 is 1.50 bits per heavy atom. The zero-order valence-electron chi connectivity index (χ0n) is 20.5. The van der Waals surface area contributed by atoms with Gasteiger partial charge in [-0.25, -0.2) is 9.59 Å². The molecule has 0 bridgehead atoms. The topological polar surface area (TPSA) is 120 Å². The fraction of sp³-hybridized carbons (Fsp3) is 0.652. The van der Waals surface area contributed by atoms with Crippen LogP contribution in [0.4, 0.5) is 26.3 Å². The molecule has 3 atom stereocenters. The molecular formula is C23H29F6N3O6. The number of aromatic nitrogens is 1. The number of nitrogens with zero attached hydrogens (tertiary/aromatic N) is 3. The number of likely N-dealkylation sites (tertiary alicyclic amines) is 2. The molecule has 214 valence electrons. The normalized spacial score (nSPS) is 23.8. The van der Waals surface area contributed by atoms with Gasteiger partial charge in [-0.3, -0.25) is 14.7 Å². The Kier molecular flexibility index (Phi) is 10.9. The van der Waals surface area contributed by atoms with Gasteiger partial charge >= 0.3 is 24.3 Å². The number of carboxylic acid groups (broad SMARTS) is 2. The summed E-state index contributed by atoms with van der Waals surface area (Å²) in [5, 5.41) is 14.2. The van der Waals surface area contributed by atoms with Gasteiger partial charge in [0.25, 0.3) is 5.91 Å². The predicted molar refractivity (Wildman–Crippen MR) is 119 cm³/mol. The van der Waals surface area contributed by atoms with Crippen molar-refractivity contribution in [3.8, 4) is 0 Å². The molecule has 0 unspecified atom stereocenters. The number of pyridine rings is 1. The van der Waals surface area contributed by atoms with E-state index in [2.05, 4.69) is 9.88 Å². The largest absolute Gasteiger partial charge is 0.490 e. The number of aryl methyl sites for hydroxylation is 1. The molecule has 3 aliphatic rings. The summed E-state index contributed by atoms with van der Waals surface area (Å²) in [5.41, 5.74) is 1.65. The fourth-order valence-corrected chi connectivity index (χ4v) is 4.51. The summed E-state index contributed by atoms with van der Waals surface area (Å²) in [6, 6.07) is 4.18. The Morgan fingerprint density at radius 1 is 0.947 bits per heavy atom. The summed E-state index contributed by atoms with van der Waals surface area (Å²) in [5.74, 6) is -4.92. The van der Waals surface area contributed by atoms with Crippen LogP contribution in [-0.2, 0) is 14.3 Å². The highest BCUT2D eigenvalue weighted by atomic mass is 19.4. The Labute approximate surface area is 214 Å². The number of hydrogen-bond donors (Lipinski definition) is 2. The lowest BCUT2D eigenvalue weighted by Crippen LogP contribution is -2.61. The van der Waals surface area contributed by atoms with Crippen molar-refractivity contribution in [2.45, 2.75) is 57.1 Å². The van der Waals surface area contributed by atoms with Crippen molar-refractivity contribution in [2.75, 3.05) is 32.8 Å². The molecule has 38 heavy (non-hydrogen) atoms. The Hall–Kier alpha value is -2.94. The van der Waals surface area contributed by atoms with Crippen LogP contribution in [0.5, 0.6) is 0 Å². The summed E-state index contributed by atoms with van der Waals surface area (Å²) >= 11 is 0. The van der Waals surface area contributed by atoms with Crippen molar-refractivity contribution >= 4 is 17.8 Å². The Morgan fingerprint density at radius 3 is 1.97 bits per heavy atom. The third kappa shape index (κ3) is 9.11. The van der Waals surface area contributed by atoms with E-state index in [9.17, 15) is 31.1 Å². The molecule has 0 aromatic carbocycles. The second-order valence-electron chi connectivity index (χ2n) is 9.05. The first-order chi connectivity index (χ1) is 17.6. The van der Waals surface area contributed by atoms with E-state index in [-0.39, 0.29) is 5.91 Å². The van der Waals surface area contributed by atoms with Crippen LogP contribution in [0.2, 0.25) is 0 Å². The van der Waals surface area contributed by atoms with Gasteiger partial charge in [0.1, 0.15) is 0 Å². The monoisotopic (exact) mass is 557 g/mol. The zero-order chi connectivity index (χ0) is 28.7. The average molecular weight is 557 g/mol. The molecule has 0 saturated carbocycles. The van der Waals surface area contributed by atoms with Crippen LogP contribution in [0.1, 0.15) is 41.7 Å². The van der Waals surface area contributed by atoms with E-state index >= 15 is 0 Å². The summed E-state index contributed by atoms with van der Waals surface area (Å²) in [6.07, 6.45) is -3.33. The van der Waals surface area contributed by atoms with Crippen molar-refractivity contribution in [2.24, 2.45) is 5.92 Å². The summed E-state index contributed by atoms with van der Waals surface area (Å²) < 4.78 is 69.6. The van der Waals surface area contributed by atoms with Gasteiger partial charge < -0.3 is 19.8 Å². The van der Waals surface area contributed by atoms with Crippen molar-refractivity contribution < 1.29 is 55.7 Å². The number of hydrogen-bond acceptors (Lipinski definition) is 6. The molecular weight excluding hydrogens is 528 g/mol. The highest BCUT2D eigenvalue weighted by molar-refractivity contribution is 5.94. The summed E-state index contributed by atoms with van der Waals surface area (Å²) in [4.78, 5) is 39.7. The van der Waals surface area contributed by atoms with Crippen LogP contribution >= 0.6 is 0 Å². The van der Waals surface area contributed by atoms with Crippen LogP contribution in [0.15, 0.2) is 18.3 Å². The lowest BCUT2D eigenvalue weighted by molar-refractivity contribution is -0.193. The number of alkyl halides is 6. The van der Waals surface area contributed by atoms with Crippen LogP contribution in [-0.4, -0.2) is 100 Å². The van der Waals surface area contributed by atoms with Gasteiger partial charge in [-0.05, 0) is 57.8 Å². The van der Waals surface area contributed by atoms with Crippen LogP contribution in [0.3, 0.4) is 0 Å².